The van der Waals surface area contributed by atoms with Gasteiger partial charge < -0.3 is 15.1 Å². The molecule has 6 nitrogen and oxygen atoms in total. The number of hydrogen-bond acceptors (Lipinski definition) is 4. The number of aromatic nitrogens is 2. The van der Waals surface area contributed by atoms with Gasteiger partial charge in [0.1, 0.15) is 11.6 Å². The lowest BCUT2D eigenvalue weighted by Gasteiger charge is -2.31. The van der Waals surface area contributed by atoms with E-state index in [0.29, 0.717) is 28.8 Å². The summed E-state index contributed by atoms with van der Waals surface area (Å²) >= 11 is 12.0. The normalized spacial score (nSPS) is 16.4. The second kappa shape index (κ2) is 7.52. The molecule has 1 aromatic carbocycles. The summed E-state index contributed by atoms with van der Waals surface area (Å²) in [6.07, 6.45) is 3.09. The minimum Gasteiger partial charge on any atom is -0.356 e. The maximum atomic E-state index is 12.8. The molecule has 0 atom stereocenters. The summed E-state index contributed by atoms with van der Waals surface area (Å²) in [6, 6.07) is 4.91. The average Bonchev–Trinajstić information content (AvgIpc) is 3.18. The molecule has 0 spiro atoms. The SMILES string of the molecule is Cc1nc2c(c(N3CCCC3)n1)CN(C(=O)Nc1ccc(Cl)c(Cl)c1)CC2. The number of nitrogens with zero attached hydrogens (tertiary/aromatic N) is 4. The van der Waals surface area contributed by atoms with Crippen molar-refractivity contribution in [3.05, 3.63) is 45.3 Å². The van der Waals surface area contributed by atoms with Crippen LogP contribution in [0.1, 0.15) is 29.9 Å². The van der Waals surface area contributed by atoms with Crippen LogP contribution in [0.15, 0.2) is 18.2 Å². The number of hydrogen-bond donors (Lipinski definition) is 1. The molecule has 8 heteroatoms. The van der Waals surface area contributed by atoms with E-state index < -0.39 is 0 Å². The molecule has 0 radical (unpaired) electrons. The summed E-state index contributed by atoms with van der Waals surface area (Å²) in [5, 5.41) is 3.78. The third kappa shape index (κ3) is 3.82. The molecule has 1 saturated heterocycles. The number of fused-ring (bicyclic) bond motifs is 1. The van der Waals surface area contributed by atoms with Gasteiger partial charge in [-0.15, -0.1) is 0 Å². The number of halogens is 2. The summed E-state index contributed by atoms with van der Waals surface area (Å²) in [7, 11) is 0. The molecule has 2 amide bonds. The number of anilines is 2. The fraction of sp³-hybridized carbons (Fsp3) is 0.421. The van der Waals surface area contributed by atoms with Gasteiger partial charge in [0.15, 0.2) is 0 Å². The van der Waals surface area contributed by atoms with Crippen molar-refractivity contribution in [2.45, 2.75) is 32.7 Å². The Morgan fingerprint density at radius 1 is 1.11 bits per heavy atom. The third-order valence-corrected chi connectivity index (χ3v) is 5.75. The van der Waals surface area contributed by atoms with Crippen molar-refractivity contribution < 1.29 is 4.79 Å². The largest absolute Gasteiger partial charge is 0.356 e. The number of amides is 2. The highest BCUT2D eigenvalue weighted by atomic mass is 35.5. The Labute approximate surface area is 168 Å². The zero-order chi connectivity index (χ0) is 19.0. The number of rotatable bonds is 2. The number of carbonyl (C=O) groups excluding carboxylic acids is 1. The Bertz CT molecular complexity index is 883. The predicted octanol–water partition coefficient (Wildman–Crippen LogP) is 4.28. The van der Waals surface area contributed by atoms with Crippen molar-refractivity contribution in [2.24, 2.45) is 0 Å². The molecular formula is C19H21Cl2N5O. The number of benzene rings is 1. The maximum Gasteiger partial charge on any atom is 0.322 e. The van der Waals surface area contributed by atoms with Crippen LogP contribution in [0.3, 0.4) is 0 Å². The Hall–Kier alpha value is -2.05. The Morgan fingerprint density at radius 2 is 1.89 bits per heavy atom. The van der Waals surface area contributed by atoms with E-state index in [1.54, 1.807) is 23.1 Å². The van der Waals surface area contributed by atoms with E-state index in [0.717, 1.165) is 42.4 Å². The van der Waals surface area contributed by atoms with E-state index in [9.17, 15) is 4.79 Å². The Morgan fingerprint density at radius 3 is 2.63 bits per heavy atom. The van der Waals surface area contributed by atoms with Gasteiger partial charge in [-0.2, -0.15) is 0 Å². The van der Waals surface area contributed by atoms with Crippen LogP contribution in [0.5, 0.6) is 0 Å². The van der Waals surface area contributed by atoms with Gasteiger partial charge in [-0.25, -0.2) is 14.8 Å². The van der Waals surface area contributed by atoms with Gasteiger partial charge in [0, 0.05) is 37.3 Å². The van der Waals surface area contributed by atoms with E-state index in [1.807, 2.05) is 6.92 Å². The quantitative estimate of drug-likeness (QED) is 0.809. The maximum absolute atomic E-state index is 12.8. The fourth-order valence-corrected chi connectivity index (χ4v) is 3.96. The highest BCUT2D eigenvalue weighted by molar-refractivity contribution is 6.42. The molecule has 0 saturated carbocycles. The first-order valence-corrected chi connectivity index (χ1v) is 9.89. The average molecular weight is 406 g/mol. The van der Waals surface area contributed by atoms with E-state index in [2.05, 4.69) is 15.2 Å². The molecule has 1 N–H and O–H groups in total. The lowest BCUT2D eigenvalue weighted by molar-refractivity contribution is 0.206. The molecule has 0 bridgehead atoms. The monoisotopic (exact) mass is 405 g/mol. The van der Waals surface area contributed by atoms with Crippen molar-refractivity contribution in [1.29, 1.82) is 0 Å². The Kier molecular flexibility index (Phi) is 5.10. The number of aryl methyl sites for hydroxylation is 1. The molecule has 27 heavy (non-hydrogen) atoms. The lowest BCUT2D eigenvalue weighted by atomic mass is 10.1. The summed E-state index contributed by atoms with van der Waals surface area (Å²) in [4.78, 5) is 26.2. The van der Waals surface area contributed by atoms with Gasteiger partial charge in [0.05, 0.1) is 22.3 Å². The van der Waals surface area contributed by atoms with Gasteiger partial charge in [0.25, 0.3) is 0 Å². The molecule has 0 aliphatic carbocycles. The molecule has 4 rings (SSSR count). The molecule has 1 aromatic heterocycles. The van der Waals surface area contributed by atoms with Crippen LogP contribution in [0.2, 0.25) is 10.0 Å². The van der Waals surface area contributed by atoms with Crippen LogP contribution < -0.4 is 10.2 Å². The molecule has 2 aliphatic rings. The number of nitrogens with one attached hydrogen (secondary N) is 1. The molecule has 2 aromatic rings. The van der Waals surface area contributed by atoms with Gasteiger partial charge >= 0.3 is 6.03 Å². The Balaban J connectivity index is 1.55. The summed E-state index contributed by atoms with van der Waals surface area (Å²) in [5.41, 5.74) is 2.75. The van der Waals surface area contributed by atoms with Crippen molar-refractivity contribution in [2.75, 3.05) is 29.9 Å². The van der Waals surface area contributed by atoms with E-state index in [1.165, 1.54) is 12.8 Å². The second-order valence-corrected chi connectivity index (χ2v) is 7.76. The predicted molar refractivity (Wildman–Crippen MR) is 108 cm³/mol. The van der Waals surface area contributed by atoms with Gasteiger partial charge in [-0.1, -0.05) is 23.2 Å². The van der Waals surface area contributed by atoms with Gasteiger partial charge in [-0.05, 0) is 38.0 Å². The van der Waals surface area contributed by atoms with Crippen molar-refractivity contribution in [1.82, 2.24) is 14.9 Å². The van der Waals surface area contributed by atoms with Crippen molar-refractivity contribution in [3.63, 3.8) is 0 Å². The summed E-state index contributed by atoms with van der Waals surface area (Å²) in [5.74, 6) is 1.78. The second-order valence-electron chi connectivity index (χ2n) is 6.94. The van der Waals surface area contributed by atoms with E-state index in [4.69, 9.17) is 28.2 Å². The smallest absolute Gasteiger partial charge is 0.322 e. The van der Waals surface area contributed by atoms with Crippen molar-refractivity contribution in [3.8, 4) is 0 Å². The standard InChI is InChI=1S/C19H21Cl2N5O/c1-12-22-17-6-9-26(11-14(17)18(23-12)25-7-2-3-8-25)19(27)24-13-4-5-15(20)16(21)10-13/h4-5,10H,2-3,6-9,11H2,1H3,(H,24,27). The molecular weight excluding hydrogens is 385 g/mol. The van der Waals surface area contributed by atoms with Crippen LogP contribution in [-0.2, 0) is 13.0 Å². The summed E-state index contributed by atoms with van der Waals surface area (Å²) in [6.45, 7) is 5.09. The first-order valence-electron chi connectivity index (χ1n) is 9.13. The molecule has 0 unspecified atom stereocenters. The van der Waals surface area contributed by atoms with E-state index in [-0.39, 0.29) is 6.03 Å². The van der Waals surface area contributed by atoms with Gasteiger partial charge in [0.2, 0.25) is 0 Å². The first-order chi connectivity index (χ1) is 13.0. The van der Waals surface area contributed by atoms with Gasteiger partial charge in [-0.3, -0.25) is 0 Å². The first kappa shape index (κ1) is 18.3. The fourth-order valence-electron chi connectivity index (χ4n) is 3.66. The molecule has 142 valence electrons. The third-order valence-electron chi connectivity index (χ3n) is 5.01. The van der Waals surface area contributed by atoms with Crippen LogP contribution in [-0.4, -0.2) is 40.5 Å². The topological polar surface area (TPSA) is 61.4 Å². The highest BCUT2D eigenvalue weighted by Gasteiger charge is 2.28. The zero-order valence-corrected chi connectivity index (χ0v) is 16.6. The summed E-state index contributed by atoms with van der Waals surface area (Å²) < 4.78 is 0. The van der Waals surface area contributed by atoms with Crippen LogP contribution in [0, 0.1) is 6.92 Å². The molecule has 2 aliphatic heterocycles. The molecule has 3 heterocycles. The minimum absolute atomic E-state index is 0.160. The van der Waals surface area contributed by atoms with Crippen LogP contribution >= 0.6 is 23.2 Å². The van der Waals surface area contributed by atoms with Crippen LogP contribution in [0.25, 0.3) is 0 Å². The zero-order valence-electron chi connectivity index (χ0n) is 15.1. The number of urea groups is 1. The minimum atomic E-state index is -0.160. The van der Waals surface area contributed by atoms with E-state index >= 15 is 0 Å². The highest BCUT2D eigenvalue weighted by Crippen LogP contribution is 2.30. The lowest BCUT2D eigenvalue weighted by Crippen LogP contribution is -2.40. The molecule has 1 fully saturated rings. The van der Waals surface area contributed by atoms with Crippen LogP contribution in [0.4, 0.5) is 16.3 Å². The van der Waals surface area contributed by atoms with Crippen molar-refractivity contribution >= 4 is 40.7 Å². The number of carbonyl (C=O) groups is 1.